The van der Waals surface area contributed by atoms with E-state index in [9.17, 15) is 4.79 Å². The average molecular weight is 173 g/mol. The van der Waals surface area contributed by atoms with Crippen LogP contribution in [-0.4, -0.2) is 36.9 Å². The van der Waals surface area contributed by atoms with Gasteiger partial charge in [0.05, 0.1) is 0 Å². The molecule has 4 heteroatoms. The number of hydrogen-bond acceptors (Lipinski definition) is 3. The standard InChI is InChI=1S/C8H15NO3/c1-9-8(7(10)11)3-2-5-12-6-4-8/h9H,2-6H2,1H3,(H,10,11). The molecule has 1 saturated heterocycles. The quantitative estimate of drug-likeness (QED) is 0.627. The Hall–Kier alpha value is -0.610. The Balaban J connectivity index is 2.68. The molecule has 0 saturated carbocycles. The smallest absolute Gasteiger partial charge is 0.323 e. The van der Waals surface area contributed by atoms with Gasteiger partial charge in [0.1, 0.15) is 5.54 Å². The van der Waals surface area contributed by atoms with E-state index in [1.54, 1.807) is 7.05 Å². The minimum Gasteiger partial charge on any atom is -0.480 e. The summed E-state index contributed by atoms with van der Waals surface area (Å²) in [7, 11) is 1.69. The third-order valence-electron chi connectivity index (χ3n) is 2.45. The zero-order valence-electron chi connectivity index (χ0n) is 7.30. The van der Waals surface area contributed by atoms with Crippen molar-refractivity contribution in [3.05, 3.63) is 0 Å². The molecule has 1 aliphatic rings. The van der Waals surface area contributed by atoms with Crippen molar-refractivity contribution in [2.45, 2.75) is 24.8 Å². The first-order valence-electron chi connectivity index (χ1n) is 4.21. The van der Waals surface area contributed by atoms with Crippen LogP contribution in [0, 0.1) is 0 Å². The number of carboxylic acid groups (broad SMARTS) is 1. The summed E-state index contributed by atoms with van der Waals surface area (Å²) in [5.41, 5.74) is -0.753. The second-order valence-corrected chi connectivity index (χ2v) is 3.10. The molecule has 0 radical (unpaired) electrons. The molecule has 0 bridgehead atoms. The zero-order chi connectivity index (χ0) is 9.03. The molecule has 0 amide bonds. The maximum atomic E-state index is 10.9. The van der Waals surface area contributed by atoms with Gasteiger partial charge in [-0.25, -0.2) is 0 Å². The van der Waals surface area contributed by atoms with Crippen molar-refractivity contribution in [1.29, 1.82) is 0 Å². The molecule has 0 spiro atoms. The molecule has 1 heterocycles. The van der Waals surface area contributed by atoms with Crippen LogP contribution in [0.3, 0.4) is 0 Å². The Morgan fingerprint density at radius 3 is 2.83 bits per heavy atom. The van der Waals surface area contributed by atoms with Gasteiger partial charge < -0.3 is 15.2 Å². The van der Waals surface area contributed by atoms with Crippen molar-refractivity contribution in [3.63, 3.8) is 0 Å². The van der Waals surface area contributed by atoms with Gasteiger partial charge in [0.25, 0.3) is 0 Å². The topological polar surface area (TPSA) is 58.6 Å². The van der Waals surface area contributed by atoms with Crippen LogP contribution in [0.1, 0.15) is 19.3 Å². The lowest BCUT2D eigenvalue weighted by Gasteiger charge is -2.26. The van der Waals surface area contributed by atoms with Crippen LogP contribution in [0.5, 0.6) is 0 Å². The van der Waals surface area contributed by atoms with Gasteiger partial charge in [0.15, 0.2) is 0 Å². The van der Waals surface area contributed by atoms with E-state index in [4.69, 9.17) is 9.84 Å². The Labute approximate surface area is 71.9 Å². The van der Waals surface area contributed by atoms with E-state index in [0.29, 0.717) is 26.1 Å². The molecular formula is C8H15NO3. The molecule has 1 rings (SSSR count). The zero-order valence-corrected chi connectivity index (χ0v) is 7.30. The van der Waals surface area contributed by atoms with Crippen molar-refractivity contribution in [2.75, 3.05) is 20.3 Å². The molecule has 1 unspecified atom stereocenters. The fraction of sp³-hybridized carbons (Fsp3) is 0.875. The van der Waals surface area contributed by atoms with Crippen LogP contribution in [0.25, 0.3) is 0 Å². The maximum Gasteiger partial charge on any atom is 0.323 e. The molecule has 1 fully saturated rings. The third kappa shape index (κ3) is 1.76. The summed E-state index contributed by atoms with van der Waals surface area (Å²) < 4.78 is 5.20. The van der Waals surface area contributed by atoms with Crippen molar-refractivity contribution < 1.29 is 14.6 Å². The first-order valence-corrected chi connectivity index (χ1v) is 4.21. The summed E-state index contributed by atoms with van der Waals surface area (Å²) in [6, 6.07) is 0. The highest BCUT2D eigenvalue weighted by molar-refractivity contribution is 5.78. The van der Waals surface area contributed by atoms with Gasteiger partial charge in [-0.3, -0.25) is 4.79 Å². The van der Waals surface area contributed by atoms with E-state index < -0.39 is 11.5 Å². The minimum atomic E-state index is -0.768. The number of aliphatic carboxylic acids is 1. The number of rotatable bonds is 2. The summed E-state index contributed by atoms with van der Waals surface area (Å²) in [5, 5.41) is 11.9. The maximum absolute atomic E-state index is 10.9. The Kier molecular flexibility index (Phi) is 3.05. The van der Waals surface area contributed by atoms with Gasteiger partial charge in [-0.2, -0.15) is 0 Å². The molecular weight excluding hydrogens is 158 g/mol. The van der Waals surface area contributed by atoms with Gasteiger partial charge in [-0.15, -0.1) is 0 Å². The number of carboxylic acids is 1. The van der Waals surface area contributed by atoms with E-state index in [-0.39, 0.29) is 0 Å². The molecule has 12 heavy (non-hydrogen) atoms. The summed E-state index contributed by atoms with van der Waals surface area (Å²) in [6.45, 7) is 1.21. The molecule has 1 atom stereocenters. The predicted octanol–water partition coefficient (Wildman–Crippen LogP) is 0.230. The van der Waals surface area contributed by atoms with Crippen LogP contribution in [0.2, 0.25) is 0 Å². The predicted molar refractivity (Wildman–Crippen MR) is 44.1 cm³/mol. The fourth-order valence-electron chi connectivity index (χ4n) is 1.52. The summed E-state index contributed by atoms with van der Waals surface area (Å²) in [4.78, 5) is 10.9. The molecule has 1 aliphatic heterocycles. The van der Waals surface area contributed by atoms with Crippen LogP contribution >= 0.6 is 0 Å². The van der Waals surface area contributed by atoms with Crippen LogP contribution < -0.4 is 5.32 Å². The number of hydrogen-bond donors (Lipinski definition) is 2. The van der Waals surface area contributed by atoms with Gasteiger partial charge >= 0.3 is 5.97 Å². The number of likely N-dealkylation sites (N-methyl/N-ethyl adjacent to an activating group) is 1. The largest absolute Gasteiger partial charge is 0.480 e. The second-order valence-electron chi connectivity index (χ2n) is 3.10. The number of ether oxygens (including phenoxy) is 1. The van der Waals surface area contributed by atoms with Crippen molar-refractivity contribution in [1.82, 2.24) is 5.32 Å². The number of nitrogens with one attached hydrogen (secondary N) is 1. The average Bonchev–Trinajstić information content (AvgIpc) is 2.29. The summed E-state index contributed by atoms with van der Waals surface area (Å²) >= 11 is 0. The highest BCUT2D eigenvalue weighted by Gasteiger charge is 2.37. The summed E-state index contributed by atoms with van der Waals surface area (Å²) in [6.07, 6.45) is 2.02. The first kappa shape index (κ1) is 9.48. The van der Waals surface area contributed by atoms with Crippen molar-refractivity contribution >= 4 is 5.97 Å². The van der Waals surface area contributed by atoms with Crippen LogP contribution in [0.15, 0.2) is 0 Å². The van der Waals surface area contributed by atoms with E-state index in [1.165, 1.54) is 0 Å². The van der Waals surface area contributed by atoms with Crippen LogP contribution in [-0.2, 0) is 9.53 Å². The van der Waals surface area contributed by atoms with Gasteiger partial charge in [-0.05, 0) is 26.3 Å². The molecule has 0 aliphatic carbocycles. The second kappa shape index (κ2) is 3.87. The van der Waals surface area contributed by atoms with Gasteiger partial charge in [0.2, 0.25) is 0 Å². The highest BCUT2D eigenvalue weighted by Crippen LogP contribution is 2.20. The normalized spacial score (nSPS) is 31.1. The Bertz CT molecular complexity index is 162. The molecule has 4 nitrogen and oxygen atoms in total. The first-order chi connectivity index (χ1) is 5.71. The third-order valence-corrected chi connectivity index (χ3v) is 2.45. The van der Waals surface area contributed by atoms with E-state index in [0.717, 1.165) is 6.42 Å². The van der Waals surface area contributed by atoms with E-state index >= 15 is 0 Å². The molecule has 70 valence electrons. The summed E-state index contributed by atoms with van der Waals surface area (Å²) in [5.74, 6) is -0.768. The van der Waals surface area contributed by atoms with Crippen molar-refractivity contribution in [3.8, 4) is 0 Å². The van der Waals surface area contributed by atoms with Crippen LogP contribution in [0.4, 0.5) is 0 Å². The fourth-order valence-corrected chi connectivity index (χ4v) is 1.52. The van der Waals surface area contributed by atoms with Gasteiger partial charge in [0, 0.05) is 13.2 Å². The minimum absolute atomic E-state index is 0.535. The van der Waals surface area contributed by atoms with Crippen molar-refractivity contribution in [2.24, 2.45) is 0 Å². The lowest BCUT2D eigenvalue weighted by atomic mass is 9.91. The van der Waals surface area contributed by atoms with E-state index in [1.807, 2.05) is 0 Å². The number of carbonyl (C=O) groups is 1. The monoisotopic (exact) mass is 173 g/mol. The lowest BCUT2D eigenvalue weighted by molar-refractivity contribution is -0.145. The molecule has 0 aromatic carbocycles. The Morgan fingerprint density at radius 2 is 2.25 bits per heavy atom. The Morgan fingerprint density at radius 1 is 1.50 bits per heavy atom. The lowest BCUT2D eigenvalue weighted by Crippen LogP contribution is -2.50. The van der Waals surface area contributed by atoms with E-state index in [2.05, 4.69) is 5.32 Å². The molecule has 0 aromatic rings. The highest BCUT2D eigenvalue weighted by atomic mass is 16.5. The molecule has 2 N–H and O–H groups in total. The SMILES string of the molecule is CNC1(C(=O)O)CCCOCC1. The van der Waals surface area contributed by atoms with Gasteiger partial charge in [-0.1, -0.05) is 0 Å². The molecule has 0 aromatic heterocycles.